The Morgan fingerprint density at radius 3 is 2.62 bits per heavy atom. The number of methoxy groups -OCH3 is 1. The van der Waals surface area contributed by atoms with E-state index in [1.807, 2.05) is 35.7 Å². The molecule has 2 N–H and O–H groups in total. The first kappa shape index (κ1) is 27.0. The predicted molar refractivity (Wildman–Crippen MR) is 160 cm³/mol. The number of aromatic amines is 1. The van der Waals surface area contributed by atoms with Crippen LogP contribution in [0.2, 0.25) is 0 Å². The summed E-state index contributed by atoms with van der Waals surface area (Å²) in [6, 6.07) is 15.9. The van der Waals surface area contributed by atoms with Crippen molar-refractivity contribution in [2.75, 3.05) is 51.8 Å². The number of piperidine rings is 1. The molecule has 0 aliphatic carbocycles. The fourth-order valence-electron chi connectivity index (χ4n) is 5.84. The fourth-order valence-corrected chi connectivity index (χ4v) is 6.51. The Labute approximate surface area is 239 Å². The molecule has 2 aliphatic heterocycles. The monoisotopic (exact) mass is 559 g/mol. The number of anilines is 1. The summed E-state index contributed by atoms with van der Waals surface area (Å²) in [6.45, 7) is 5.73. The van der Waals surface area contributed by atoms with Gasteiger partial charge in [0.25, 0.3) is 0 Å². The zero-order valence-electron chi connectivity index (χ0n) is 23.0. The second-order valence-electron chi connectivity index (χ2n) is 10.7. The number of rotatable bonds is 10. The summed E-state index contributed by atoms with van der Waals surface area (Å²) in [6.07, 6.45) is 4.55. The van der Waals surface area contributed by atoms with Gasteiger partial charge in [0, 0.05) is 43.4 Å². The summed E-state index contributed by atoms with van der Waals surface area (Å²) in [4.78, 5) is 18.2. The van der Waals surface area contributed by atoms with Crippen LogP contribution in [0.3, 0.4) is 0 Å². The summed E-state index contributed by atoms with van der Waals surface area (Å²) in [5, 5.41) is 16.0. The van der Waals surface area contributed by atoms with E-state index in [1.165, 1.54) is 0 Å². The Morgan fingerprint density at radius 1 is 1.10 bits per heavy atom. The van der Waals surface area contributed by atoms with Gasteiger partial charge < -0.3 is 19.7 Å². The van der Waals surface area contributed by atoms with Crippen molar-refractivity contribution in [3.05, 3.63) is 64.9 Å². The van der Waals surface area contributed by atoms with Gasteiger partial charge >= 0.3 is 0 Å². The number of likely N-dealkylation sites (tertiary alicyclic amines) is 2. The van der Waals surface area contributed by atoms with Gasteiger partial charge in [-0.3, -0.25) is 14.8 Å². The van der Waals surface area contributed by atoms with Crippen molar-refractivity contribution in [1.29, 1.82) is 0 Å². The molecule has 40 heavy (non-hydrogen) atoms. The van der Waals surface area contributed by atoms with Crippen molar-refractivity contribution in [3.8, 4) is 17.0 Å². The second kappa shape index (κ2) is 12.5. The topological polar surface area (TPSA) is 82.7 Å². The largest absolute Gasteiger partial charge is 0.490 e. The summed E-state index contributed by atoms with van der Waals surface area (Å²) in [5.41, 5.74) is 4.63. The number of carbonyl (C=O) groups excluding carboxylic acids is 1. The molecule has 6 rings (SSSR count). The summed E-state index contributed by atoms with van der Waals surface area (Å²) in [7, 11) is 1.75. The summed E-state index contributed by atoms with van der Waals surface area (Å²) >= 11 is 1.63. The molecule has 2 aliphatic rings. The first-order chi connectivity index (χ1) is 19.7. The van der Waals surface area contributed by atoms with Crippen LogP contribution in [0, 0.1) is 0 Å². The molecule has 0 bridgehead atoms. The van der Waals surface area contributed by atoms with Crippen LogP contribution >= 0.6 is 11.3 Å². The molecule has 9 heteroatoms. The number of nitrogens with one attached hydrogen (secondary N) is 2. The highest BCUT2D eigenvalue weighted by Crippen LogP contribution is 2.32. The Hall–Kier alpha value is -3.24. The number of amides is 1. The van der Waals surface area contributed by atoms with Crippen LogP contribution in [-0.4, -0.2) is 78.4 Å². The Balaban J connectivity index is 1.13. The van der Waals surface area contributed by atoms with E-state index in [0.29, 0.717) is 0 Å². The van der Waals surface area contributed by atoms with Crippen molar-refractivity contribution in [1.82, 2.24) is 20.0 Å². The van der Waals surface area contributed by atoms with Crippen LogP contribution < -0.4 is 10.1 Å². The average Bonchev–Trinajstić information content (AvgIpc) is 3.77. The molecule has 0 spiro atoms. The van der Waals surface area contributed by atoms with Gasteiger partial charge in [0.15, 0.2) is 0 Å². The molecule has 1 amide bonds. The Morgan fingerprint density at radius 2 is 1.90 bits per heavy atom. The van der Waals surface area contributed by atoms with E-state index in [4.69, 9.17) is 9.47 Å². The number of ether oxygens (including phenoxy) is 2. The highest BCUT2D eigenvalue weighted by atomic mass is 32.1. The fraction of sp³-hybridized carbons (Fsp3) is 0.419. The first-order valence-corrected chi connectivity index (χ1v) is 15.2. The van der Waals surface area contributed by atoms with E-state index < -0.39 is 0 Å². The molecule has 2 saturated heterocycles. The lowest BCUT2D eigenvalue weighted by Gasteiger charge is -2.31. The Kier molecular flexibility index (Phi) is 8.43. The van der Waals surface area contributed by atoms with Crippen LogP contribution in [0.4, 0.5) is 5.69 Å². The van der Waals surface area contributed by atoms with Crippen LogP contribution in [0.25, 0.3) is 22.2 Å². The van der Waals surface area contributed by atoms with E-state index in [2.05, 4.69) is 48.9 Å². The third-order valence-electron chi connectivity index (χ3n) is 8.02. The first-order valence-electron chi connectivity index (χ1n) is 14.2. The van der Waals surface area contributed by atoms with E-state index >= 15 is 0 Å². The third kappa shape index (κ3) is 6.07. The minimum Gasteiger partial charge on any atom is -0.490 e. The normalized spacial score (nSPS) is 17.8. The van der Waals surface area contributed by atoms with Crippen LogP contribution in [0.5, 0.6) is 5.75 Å². The van der Waals surface area contributed by atoms with Gasteiger partial charge in [-0.15, -0.1) is 0 Å². The van der Waals surface area contributed by atoms with E-state index in [1.54, 1.807) is 18.4 Å². The third-order valence-corrected chi connectivity index (χ3v) is 8.72. The van der Waals surface area contributed by atoms with Crippen molar-refractivity contribution in [3.63, 3.8) is 0 Å². The van der Waals surface area contributed by atoms with Crippen LogP contribution in [0.1, 0.15) is 37.3 Å². The standard InChI is InChI=1S/C31H37N5O3S/c1-38-18-17-35-15-10-26(11-16-35)39-25-7-4-22(5-8-25)29-27-20-24(6-9-28(27)33-34-29)32-31(37)30(23-12-19-40-21-23)36-13-2-3-14-36/h4-9,12,19-21,26,30H,2-3,10-11,13-18H2,1H3,(H,32,37)(H,33,34). The zero-order chi connectivity index (χ0) is 27.3. The highest BCUT2D eigenvalue weighted by molar-refractivity contribution is 7.08. The average molecular weight is 560 g/mol. The van der Waals surface area contributed by atoms with Gasteiger partial charge in [0.05, 0.1) is 17.8 Å². The molecule has 210 valence electrons. The molecule has 2 fully saturated rings. The van der Waals surface area contributed by atoms with E-state index in [-0.39, 0.29) is 18.1 Å². The van der Waals surface area contributed by atoms with Gasteiger partial charge in [-0.2, -0.15) is 16.4 Å². The number of carbonyl (C=O) groups is 1. The molecule has 0 radical (unpaired) electrons. The van der Waals surface area contributed by atoms with Crippen LogP contribution in [0.15, 0.2) is 59.3 Å². The van der Waals surface area contributed by atoms with Gasteiger partial charge in [0.1, 0.15) is 17.9 Å². The lowest BCUT2D eigenvalue weighted by Crippen LogP contribution is -2.39. The SMILES string of the molecule is COCCN1CCC(Oc2ccc(-c3n[nH]c4ccc(NC(=O)C(c5ccsc5)N5CCCC5)cc34)cc2)CC1. The number of nitrogens with zero attached hydrogens (tertiary/aromatic N) is 3. The maximum Gasteiger partial charge on any atom is 0.246 e. The van der Waals surface area contributed by atoms with Crippen molar-refractivity contribution in [2.24, 2.45) is 0 Å². The molecular formula is C31H37N5O3S. The van der Waals surface area contributed by atoms with Crippen molar-refractivity contribution in [2.45, 2.75) is 37.8 Å². The minimum atomic E-state index is -0.265. The van der Waals surface area contributed by atoms with Gasteiger partial charge in [0.2, 0.25) is 5.91 Å². The van der Waals surface area contributed by atoms with Gasteiger partial charge in [-0.1, -0.05) is 0 Å². The molecule has 2 aromatic heterocycles. The number of aromatic nitrogens is 2. The van der Waals surface area contributed by atoms with Gasteiger partial charge in [-0.05, 0) is 104 Å². The van der Waals surface area contributed by atoms with Gasteiger partial charge in [-0.25, -0.2) is 0 Å². The maximum atomic E-state index is 13.5. The number of benzene rings is 2. The van der Waals surface area contributed by atoms with E-state index in [9.17, 15) is 4.79 Å². The number of H-pyrrole nitrogens is 1. The molecular weight excluding hydrogens is 522 g/mol. The summed E-state index contributed by atoms with van der Waals surface area (Å²) < 4.78 is 11.5. The van der Waals surface area contributed by atoms with Crippen molar-refractivity contribution < 1.29 is 14.3 Å². The lowest BCUT2D eigenvalue weighted by atomic mass is 10.1. The number of thiophene rings is 1. The van der Waals surface area contributed by atoms with E-state index in [0.717, 1.165) is 104 Å². The molecule has 4 aromatic rings. The minimum absolute atomic E-state index is 0.00993. The number of fused-ring (bicyclic) bond motifs is 1. The Bertz CT molecular complexity index is 1390. The molecule has 0 saturated carbocycles. The number of hydrogen-bond acceptors (Lipinski definition) is 7. The molecule has 4 heterocycles. The summed E-state index contributed by atoms with van der Waals surface area (Å²) in [5.74, 6) is 0.893. The van der Waals surface area contributed by atoms with Crippen molar-refractivity contribution >= 4 is 33.8 Å². The zero-order valence-corrected chi connectivity index (χ0v) is 23.8. The molecule has 2 aromatic carbocycles. The molecule has 1 atom stereocenters. The second-order valence-corrected chi connectivity index (χ2v) is 11.5. The highest BCUT2D eigenvalue weighted by Gasteiger charge is 2.30. The molecule has 1 unspecified atom stereocenters. The quantitative estimate of drug-likeness (QED) is 0.265. The molecule has 8 nitrogen and oxygen atoms in total. The lowest BCUT2D eigenvalue weighted by molar-refractivity contribution is -0.121. The van der Waals surface area contributed by atoms with Crippen LogP contribution in [-0.2, 0) is 9.53 Å². The predicted octanol–water partition coefficient (Wildman–Crippen LogP) is 5.56. The number of hydrogen-bond donors (Lipinski definition) is 2. The maximum absolute atomic E-state index is 13.5. The smallest absolute Gasteiger partial charge is 0.246 e.